The van der Waals surface area contributed by atoms with Crippen molar-refractivity contribution in [2.45, 2.75) is 6.92 Å². The van der Waals surface area contributed by atoms with E-state index >= 15 is 0 Å². The summed E-state index contributed by atoms with van der Waals surface area (Å²) < 4.78 is 5.45. The number of fused-ring (bicyclic) bond motifs is 4. The van der Waals surface area contributed by atoms with Crippen LogP contribution in [-0.4, -0.2) is 12.2 Å². The first-order valence-electron chi connectivity index (χ1n) is 7.31. The molecule has 4 rings (SSSR count). The molecule has 4 aromatic carbocycles. The van der Waals surface area contributed by atoms with E-state index in [1.165, 1.54) is 10.9 Å². The van der Waals surface area contributed by atoms with Crippen LogP contribution in [0.2, 0.25) is 0 Å². The highest BCUT2D eigenvalue weighted by atomic mass is 16.5. The van der Waals surface area contributed by atoms with Gasteiger partial charge in [-0.2, -0.15) is 0 Å². The van der Waals surface area contributed by atoms with Crippen molar-refractivity contribution < 1.29 is 9.84 Å². The molecule has 0 heterocycles. The summed E-state index contributed by atoms with van der Waals surface area (Å²) >= 11 is 0. The van der Waals surface area contributed by atoms with Gasteiger partial charge in [-0.15, -0.1) is 0 Å². The maximum Gasteiger partial charge on any atom is 0.168 e. The molecular formula is C20H16O2. The van der Waals surface area contributed by atoms with Crippen LogP contribution in [0.25, 0.3) is 32.3 Å². The summed E-state index contributed by atoms with van der Waals surface area (Å²) in [5, 5.41) is 16.9. The van der Waals surface area contributed by atoms with Crippen LogP contribution < -0.4 is 4.74 Å². The monoisotopic (exact) mass is 288 g/mol. The minimum absolute atomic E-state index is 0.208. The fourth-order valence-electron chi connectivity index (χ4n) is 3.27. The molecule has 0 radical (unpaired) electrons. The molecule has 0 saturated carbocycles. The van der Waals surface area contributed by atoms with Gasteiger partial charge in [-0.25, -0.2) is 0 Å². The van der Waals surface area contributed by atoms with E-state index in [0.29, 0.717) is 5.75 Å². The Hall–Kier alpha value is -2.74. The predicted octanol–water partition coefficient (Wildman–Crippen LogP) is 5.17. The first kappa shape index (κ1) is 13.0. The lowest BCUT2D eigenvalue weighted by atomic mass is 9.95. The average molecular weight is 288 g/mol. The molecule has 2 heteroatoms. The van der Waals surface area contributed by atoms with Crippen molar-refractivity contribution in [1.82, 2.24) is 0 Å². The predicted molar refractivity (Wildman–Crippen MR) is 91.9 cm³/mol. The van der Waals surface area contributed by atoms with Crippen molar-refractivity contribution >= 4 is 32.3 Å². The number of hydrogen-bond donors (Lipinski definition) is 1. The Morgan fingerprint density at radius 3 is 2.32 bits per heavy atom. The second-order valence-corrected chi connectivity index (χ2v) is 5.62. The molecule has 0 atom stereocenters. The van der Waals surface area contributed by atoms with Crippen molar-refractivity contribution in [3.05, 3.63) is 60.2 Å². The first-order chi connectivity index (χ1) is 10.7. The number of rotatable bonds is 1. The number of benzene rings is 4. The molecule has 0 aliphatic heterocycles. The lowest BCUT2D eigenvalue weighted by molar-refractivity contribution is 0.381. The summed E-state index contributed by atoms with van der Waals surface area (Å²) in [4.78, 5) is 0. The number of aryl methyl sites for hydroxylation is 1. The molecule has 1 N–H and O–H groups in total. The first-order valence-corrected chi connectivity index (χ1v) is 7.31. The molecule has 2 nitrogen and oxygen atoms in total. The molecule has 108 valence electrons. The van der Waals surface area contributed by atoms with E-state index in [1.54, 1.807) is 7.11 Å². The topological polar surface area (TPSA) is 29.5 Å². The molecule has 0 aliphatic carbocycles. The van der Waals surface area contributed by atoms with Gasteiger partial charge in [0.2, 0.25) is 0 Å². The van der Waals surface area contributed by atoms with E-state index in [4.69, 9.17) is 4.74 Å². The number of ether oxygens (including phenoxy) is 1. The van der Waals surface area contributed by atoms with Crippen LogP contribution in [0.5, 0.6) is 11.5 Å². The Labute approximate surface area is 128 Å². The van der Waals surface area contributed by atoms with E-state index in [-0.39, 0.29) is 5.75 Å². The second-order valence-electron chi connectivity index (χ2n) is 5.62. The summed E-state index contributed by atoms with van der Waals surface area (Å²) in [5.41, 5.74) is 1.23. The molecule has 0 fully saturated rings. The Morgan fingerprint density at radius 1 is 0.773 bits per heavy atom. The molecule has 0 aliphatic rings. The Morgan fingerprint density at radius 2 is 1.55 bits per heavy atom. The summed E-state index contributed by atoms with van der Waals surface area (Å²) in [6.07, 6.45) is 0. The minimum Gasteiger partial charge on any atom is -0.504 e. The third-order valence-corrected chi connectivity index (χ3v) is 4.37. The van der Waals surface area contributed by atoms with Gasteiger partial charge >= 0.3 is 0 Å². The second kappa shape index (κ2) is 4.63. The maximum absolute atomic E-state index is 10.7. The van der Waals surface area contributed by atoms with Gasteiger partial charge in [0.1, 0.15) is 0 Å². The van der Waals surface area contributed by atoms with Crippen LogP contribution in [0.1, 0.15) is 5.56 Å². The molecule has 0 saturated heterocycles. The molecule has 0 amide bonds. The van der Waals surface area contributed by atoms with Crippen molar-refractivity contribution in [2.75, 3.05) is 7.11 Å². The van der Waals surface area contributed by atoms with Gasteiger partial charge in [0.05, 0.1) is 7.11 Å². The standard InChI is InChI=1S/C20H16O2/c1-12-6-5-7-13-10-18-17(11-16(12)13)14-8-3-4-9-15(14)20(22-2)19(18)21/h3-11,21H,1-2H3. The van der Waals surface area contributed by atoms with Crippen LogP contribution >= 0.6 is 0 Å². The van der Waals surface area contributed by atoms with E-state index in [0.717, 1.165) is 26.9 Å². The van der Waals surface area contributed by atoms with Gasteiger partial charge in [-0.3, -0.25) is 0 Å². The SMILES string of the molecule is COc1c(O)c2cc3cccc(C)c3cc2c2ccccc12. The van der Waals surface area contributed by atoms with Crippen LogP contribution in [0.3, 0.4) is 0 Å². The third kappa shape index (κ3) is 1.67. The summed E-state index contributed by atoms with van der Waals surface area (Å²) in [6, 6.07) is 18.5. The van der Waals surface area contributed by atoms with Gasteiger partial charge in [-0.1, -0.05) is 42.5 Å². The molecule has 0 bridgehead atoms. The van der Waals surface area contributed by atoms with Gasteiger partial charge in [0.25, 0.3) is 0 Å². The summed E-state index contributed by atoms with van der Waals surface area (Å²) in [6.45, 7) is 2.11. The molecule has 0 unspecified atom stereocenters. The zero-order valence-electron chi connectivity index (χ0n) is 12.6. The maximum atomic E-state index is 10.7. The smallest absolute Gasteiger partial charge is 0.168 e. The normalized spacial score (nSPS) is 11.4. The van der Waals surface area contributed by atoms with Crippen molar-refractivity contribution in [2.24, 2.45) is 0 Å². The fraction of sp³-hybridized carbons (Fsp3) is 0.100. The van der Waals surface area contributed by atoms with Crippen LogP contribution in [0, 0.1) is 6.92 Å². The highest BCUT2D eigenvalue weighted by Crippen LogP contribution is 2.44. The Bertz CT molecular complexity index is 1030. The molecule has 0 spiro atoms. The highest BCUT2D eigenvalue weighted by molar-refractivity contribution is 6.17. The number of phenols is 1. The van der Waals surface area contributed by atoms with Crippen molar-refractivity contribution in [3.63, 3.8) is 0 Å². The number of methoxy groups -OCH3 is 1. The van der Waals surface area contributed by atoms with E-state index in [9.17, 15) is 5.11 Å². The minimum atomic E-state index is 0.208. The lowest BCUT2D eigenvalue weighted by Crippen LogP contribution is -1.89. The zero-order chi connectivity index (χ0) is 15.3. The average Bonchev–Trinajstić information content (AvgIpc) is 2.55. The highest BCUT2D eigenvalue weighted by Gasteiger charge is 2.15. The number of aromatic hydroxyl groups is 1. The Kier molecular flexibility index (Phi) is 2.73. The van der Waals surface area contributed by atoms with Gasteiger partial charge in [-0.05, 0) is 46.2 Å². The van der Waals surface area contributed by atoms with Crippen molar-refractivity contribution in [1.29, 1.82) is 0 Å². The summed E-state index contributed by atoms with van der Waals surface area (Å²) in [5.74, 6) is 0.745. The molecule has 0 aromatic heterocycles. The molecule has 22 heavy (non-hydrogen) atoms. The van der Waals surface area contributed by atoms with E-state index < -0.39 is 0 Å². The largest absolute Gasteiger partial charge is 0.504 e. The summed E-state index contributed by atoms with van der Waals surface area (Å²) in [7, 11) is 1.60. The van der Waals surface area contributed by atoms with E-state index in [2.05, 4.69) is 31.2 Å². The third-order valence-electron chi connectivity index (χ3n) is 4.37. The lowest BCUT2D eigenvalue weighted by Gasteiger charge is -2.14. The van der Waals surface area contributed by atoms with Crippen LogP contribution in [0.15, 0.2) is 54.6 Å². The van der Waals surface area contributed by atoms with E-state index in [1.807, 2.05) is 30.3 Å². The molecule has 4 aromatic rings. The van der Waals surface area contributed by atoms with Crippen molar-refractivity contribution in [3.8, 4) is 11.5 Å². The zero-order valence-corrected chi connectivity index (χ0v) is 12.6. The van der Waals surface area contributed by atoms with Crippen LogP contribution in [0.4, 0.5) is 0 Å². The van der Waals surface area contributed by atoms with Gasteiger partial charge in [0, 0.05) is 10.8 Å². The number of phenolic OH excluding ortho intramolecular Hbond substituents is 1. The quantitative estimate of drug-likeness (QED) is 0.387. The Balaban J connectivity index is 2.31. The van der Waals surface area contributed by atoms with Gasteiger partial charge < -0.3 is 9.84 Å². The number of hydrogen-bond acceptors (Lipinski definition) is 2. The molecular weight excluding hydrogens is 272 g/mol. The fourth-order valence-corrected chi connectivity index (χ4v) is 3.27. The van der Waals surface area contributed by atoms with Gasteiger partial charge in [0.15, 0.2) is 11.5 Å². The van der Waals surface area contributed by atoms with Crippen LogP contribution in [-0.2, 0) is 0 Å².